The van der Waals surface area contributed by atoms with Gasteiger partial charge in [0.2, 0.25) is 0 Å². The molecule has 182 valence electrons. The van der Waals surface area contributed by atoms with Crippen molar-refractivity contribution in [2.75, 3.05) is 6.61 Å². The van der Waals surface area contributed by atoms with Crippen LogP contribution in [0.3, 0.4) is 0 Å². The van der Waals surface area contributed by atoms with E-state index in [9.17, 15) is 8.78 Å². The molecule has 2 aromatic carbocycles. The van der Waals surface area contributed by atoms with Crippen LogP contribution in [-0.2, 0) is 6.42 Å². The zero-order valence-corrected chi connectivity index (χ0v) is 20.7. The fourth-order valence-corrected chi connectivity index (χ4v) is 6.55. The van der Waals surface area contributed by atoms with E-state index in [4.69, 9.17) is 4.74 Å². The summed E-state index contributed by atoms with van der Waals surface area (Å²) in [5.41, 5.74) is 0.525. The molecule has 0 bridgehead atoms. The van der Waals surface area contributed by atoms with Crippen LogP contribution in [0, 0.1) is 35.3 Å². The van der Waals surface area contributed by atoms with E-state index < -0.39 is 11.6 Å². The molecule has 0 N–H and O–H groups in total. The number of fused-ring (bicyclic) bond motifs is 1. The Morgan fingerprint density at radius 1 is 0.788 bits per heavy atom. The minimum atomic E-state index is -0.734. The highest BCUT2D eigenvalue weighted by Gasteiger charge is 2.30. The lowest BCUT2D eigenvalue weighted by atomic mass is 9.68. The molecule has 2 saturated carbocycles. The molecule has 0 radical (unpaired) electrons. The number of unbranched alkanes of at least 4 members (excludes halogenated alkanes) is 1. The van der Waals surface area contributed by atoms with Gasteiger partial charge >= 0.3 is 0 Å². The van der Waals surface area contributed by atoms with Crippen molar-refractivity contribution in [1.82, 2.24) is 0 Å². The van der Waals surface area contributed by atoms with Crippen LogP contribution in [-0.4, -0.2) is 6.61 Å². The number of rotatable bonds is 9. The van der Waals surface area contributed by atoms with Crippen molar-refractivity contribution >= 4 is 10.8 Å². The van der Waals surface area contributed by atoms with E-state index in [1.807, 2.05) is 25.1 Å². The Balaban J connectivity index is 1.27. The highest BCUT2D eigenvalue weighted by molar-refractivity contribution is 5.85. The van der Waals surface area contributed by atoms with Gasteiger partial charge in [-0.3, -0.25) is 0 Å². The molecule has 0 heterocycles. The van der Waals surface area contributed by atoms with Crippen LogP contribution in [0.4, 0.5) is 8.78 Å². The minimum Gasteiger partial charge on any atom is -0.494 e. The van der Waals surface area contributed by atoms with E-state index in [1.165, 1.54) is 70.6 Å². The van der Waals surface area contributed by atoms with Gasteiger partial charge < -0.3 is 4.74 Å². The first-order valence-electron chi connectivity index (χ1n) is 13.6. The van der Waals surface area contributed by atoms with E-state index in [2.05, 4.69) is 6.92 Å². The van der Waals surface area contributed by atoms with Gasteiger partial charge in [-0.2, -0.15) is 0 Å². The Morgan fingerprint density at radius 3 is 2.03 bits per heavy atom. The van der Waals surface area contributed by atoms with Crippen molar-refractivity contribution in [3.05, 3.63) is 41.5 Å². The SMILES string of the molecule is CCCCC1CCC(C2CCC(CCc3cc4ccc(OCC)cc4c(F)c3F)CC2)CC1. The van der Waals surface area contributed by atoms with Crippen molar-refractivity contribution in [2.45, 2.75) is 97.3 Å². The van der Waals surface area contributed by atoms with Crippen molar-refractivity contribution in [1.29, 1.82) is 0 Å². The number of benzene rings is 2. The molecule has 0 unspecified atom stereocenters. The Labute approximate surface area is 199 Å². The molecular formula is C30H42F2O. The Kier molecular flexibility index (Phi) is 8.66. The number of hydrogen-bond donors (Lipinski definition) is 0. The van der Waals surface area contributed by atoms with Crippen molar-refractivity contribution in [2.24, 2.45) is 23.7 Å². The standard InChI is InChI=1S/C30H42F2O/c1-3-5-6-21-7-12-23(13-8-21)24-14-9-22(10-15-24)11-16-26-19-25-17-18-27(33-4-2)20-28(25)30(32)29(26)31/h17-24H,3-16H2,1-2H3. The fourth-order valence-electron chi connectivity index (χ4n) is 6.55. The summed E-state index contributed by atoms with van der Waals surface area (Å²) in [4.78, 5) is 0. The molecule has 0 saturated heterocycles. The summed E-state index contributed by atoms with van der Waals surface area (Å²) in [6.45, 7) is 4.69. The molecule has 0 aromatic heterocycles. The second-order valence-corrected chi connectivity index (χ2v) is 10.7. The number of hydrogen-bond acceptors (Lipinski definition) is 1. The molecule has 2 fully saturated rings. The molecule has 2 aliphatic rings. The minimum absolute atomic E-state index is 0.312. The van der Waals surface area contributed by atoms with Crippen LogP contribution in [0.2, 0.25) is 0 Å². The van der Waals surface area contributed by atoms with Gasteiger partial charge in [0.15, 0.2) is 11.6 Å². The average molecular weight is 457 g/mol. The summed E-state index contributed by atoms with van der Waals surface area (Å²) in [5, 5.41) is 1.07. The molecule has 0 spiro atoms. The van der Waals surface area contributed by atoms with Gasteiger partial charge in [0.1, 0.15) is 5.75 Å². The summed E-state index contributed by atoms with van der Waals surface area (Å²) in [5.74, 6) is 2.66. The topological polar surface area (TPSA) is 9.23 Å². The maximum absolute atomic E-state index is 14.8. The van der Waals surface area contributed by atoms with Crippen molar-refractivity contribution in [3.8, 4) is 5.75 Å². The first-order chi connectivity index (χ1) is 16.1. The third-order valence-corrected chi connectivity index (χ3v) is 8.61. The van der Waals surface area contributed by atoms with Gasteiger partial charge in [0, 0.05) is 5.39 Å². The monoisotopic (exact) mass is 456 g/mol. The summed E-state index contributed by atoms with van der Waals surface area (Å²) >= 11 is 0. The van der Waals surface area contributed by atoms with Crippen LogP contribution in [0.5, 0.6) is 5.75 Å². The van der Waals surface area contributed by atoms with E-state index in [0.29, 0.717) is 35.6 Å². The van der Waals surface area contributed by atoms with Gasteiger partial charge in [-0.25, -0.2) is 8.78 Å². The highest BCUT2D eigenvalue weighted by atomic mass is 19.2. The quantitative estimate of drug-likeness (QED) is 0.365. The molecule has 33 heavy (non-hydrogen) atoms. The van der Waals surface area contributed by atoms with Crippen molar-refractivity contribution < 1.29 is 13.5 Å². The number of halogens is 2. The average Bonchev–Trinajstić information content (AvgIpc) is 2.85. The van der Waals surface area contributed by atoms with Crippen LogP contribution < -0.4 is 4.74 Å². The summed E-state index contributed by atoms with van der Waals surface area (Å²) < 4.78 is 35.0. The van der Waals surface area contributed by atoms with Gasteiger partial charge in [-0.1, -0.05) is 57.9 Å². The van der Waals surface area contributed by atoms with E-state index in [1.54, 1.807) is 6.07 Å². The zero-order valence-electron chi connectivity index (χ0n) is 20.7. The summed E-state index contributed by atoms with van der Waals surface area (Å²) in [6, 6.07) is 7.13. The second-order valence-electron chi connectivity index (χ2n) is 10.7. The summed E-state index contributed by atoms with van der Waals surface area (Å²) in [7, 11) is 0. The molecule has 3 heteroatoms. The third kappa shape index (κ3) is 6.08. The van der Waals surface area contributed by atoms with Gasteiger partial charge in [0.25, 0.3) is 0 Å². The van der Waals surface area contributed by atoms with Crippen LogP contribution >= 0.6 is 0 Å². The molecule has 0 amide bonds. The largest absolute Gasteiger partial charge is 0.494 e. The molecule has 0 aliphatic heterocycles. The predicted octanol–water partition coefficient (Wildman–Crippen LogP) is 9.25. The normalized spacial score (nSPS) is 25.9. The maximum atomic E-state index is 14.8. The smallest absolute Gasteiger partial charge is 0.167 e. The number of ether oxygens (including phenoxy) is 1. The lowest BCUT2D eigenvalue weighted by molar-refractivity contribution is 0.140. The van der Waals surface area contributed by atoms with Crippen LogP contribution in [0.1, 0.15) is 96.5 Å². The van der Waals surface area contributed by atoms with E-state index >= 15 is 0 Å². The van der Waals surface area contributed by atoms with E-state index in [-0.39, 0.29) is 0 Å². The summed E-state index contributed by atoms with van der Waals surface area (Å²) in [6.07, 6.45) is 16.7. The predicted molar refractivity (Wildman–Crippen MR) is 134 cm³/mol. The first-order valence-corrected chi connectivity index (χ1v) is 13.6. The van der Waals surface area contributed by atoms with Crippen molar-refractivity contribution in [3.63, 3.8) is 0 Å². The Morgan fingerprint density at radius 2 is 1.42 bits per heavy atom. The molecule has 0 atom stereocenters. The highest BCUT2D eigenvalue weighted by Crippen LogP contribution is 2.43. The molecule has 4 rings (SSSR count). The maximum Gasteiger partial charge on any atom is 0.167 e. The molecule has 2 aliphatic carbocycles. The molecular weight excluding hydrogens is 414 g/mol. The van der Waals surface area contributed by atoms with Crippen LogP contribution in [0.25, 0.3) is 10.8 Å². The lowest BCUT2D eigenvalue weighted by Crippen LogP contribution is -2.26. The Bertz CT molecular complexity index is 892. The van der Waals surface area contributed by atoms with Crippen LogP contribution in [0.15, 0.2) is 24.3 Å². The molecule has 1 nitrogen and oxygen atoms in total. The van der Waals surface area contributed by atoms with Gasteiger partial charge in [-0.05, 0) is 98.3 Å². The van der Waals surface area contributed by atoms with Gasteiger partial charge in [-0.15, -0.1) is 0 Å². The first kappa shape index (κ1) is 24.5. The molecule has 2 aromatic rings. The second kappa shape index (κ2) is 11.7. The van der Waals surface area contributed by atoms with E-state index in [0.717, 1.165) is 29.6 Å². The zero-order chi connectivity index (χ0) is 23.2. The Hall–Kier alpha value is -1.64. The third-order valence-electron chi connectivity index (χ3n) is 8.61. The van der Waals surface area contributed by atoms with Gasteiger partial charge in [0.05, 0.1) is 6.61 Å². The number of aryl methyl sites for hydroxylation is 1. The lowest BCUT2D eigenvalue weighted by Gasteiger charge is -2.38. The fraction of sp³-hybridized carbons (Fsp3) is 0.667.